The van der Waals surface area contributed by atoms with Crippen LogP contribution in [0.1, 0.15) is 35.1 Å². The lowest BCUT2D eigenvalue weighted by molar-refractivity contribution is 0.102. The number of nitrogens with one attached hydrogen (secondary N) is 2. The van der Waals surface area contributed by atoms with Crippen LogP contribution in [0, 0.1) is 0 Å². The van der Waals surface area contributed by atoms with Gasteiger partial charge in [-0.2, -0.15) is 5.10 Å². The van der Waals surface area contributed by atoms with Crippen LogP contribution < -0.4 is 11.5 Å². The molecule has 178 valence electrons. The van der Waals surface area contributed by atoms with Gasteiger partial charge in [0.2, 0.25) is 0 Å². The monoisotopic (exact) mass is 494 g/mol. The van der Waals surface area contributed by atoms with Crippen LogP contribution in [0.25, 0.3) is 49.7 Å². The van der Waals surface area contributed by atoms with E-state index in [1.165, 1.54) is 23.1 Å². The Morgan fingerprint density at radius 3 is 2.64 bits per heavy atom. The lowest BCUT2D eigenvalue weighted by Gasteiger charge is -2.03. The standard InChI is InChI=1S/C26H22N8OS/c1-13(35)20-6-7-21(36-20)24-22-18(8-9-29-24)31-26(32-22)25-23-19(33-34-25)5-4-17(30-23)15(12-27)11-16(28)10-14-2-3-14/h4-12H,2-3,27-28H2,1H3,(H,31,32)(H,33,34)/b15-12+,16-11+. The number of allylic oxidation sites excluding steroid dienone is 4. The molecule has 0 spiro atoms. The Kier molecular flexibility index (Phi) is 5.23. The third kappa shape index (κ3) is 3.97. The van der Waals surface area contributed by atoms with Crippen molar-refractivity contribution < 1.29 is 4.79 Å². The molecule has 1 aliphatic rings. The average Bonchev–Trinajstić information content (AvgIpc) is 3.28. The Bertz CT molecular complexity index is 1740. The highest BCUT2D eigenvalue weighted by Crippen LogP contribution is 2.34. The maximum atomic E-state index is 11.8. The zero-order valence-electron chi connectivity index (χ0n) is 19.4. The number of thiophene rings is 1. The molecule has 9 nitrogen and oxygen atoms in total. The molecule has 0 aliphatic heterocycles. The van der Waals surface area contributed by atoms with E-state index in [2.05, 4.69) is 20.2 Å². The summed E-state index contributed by atoms with van der Waals surface area (Å²) in [7, 11) is 0. The van der Waals surface area contributed by atoms with E-state index in [0.717, 1.165) is 28.8 Å². The van der Waals surface area contributed by atoms with Gasteiger partial charge in [-0.3, -0.25) is 14.9 Å². The molecule has 5 aromatic heterocycles. The highest BCUT2D eigenvalue weighted by molar-refractivity contribution is 7.17. The summed E-state index contributed by atoms with van der Waals surface area (Å²) in [6, 6.07) is 9.36. The number of nitrogens with zero attached hydrogens (tertiary/aromatic N) is 4. The second-order valence-corrected chi connectivity index (χ2v) is 9.68. The number of aromatic nitrogens is 6. The smallest absolute Gasteiger partial charge is 0.169 e. The summed E-state index contributed by atoms with van der Waals surface area (Å²) in [5, 5.41) is 7.51. The summed E-state index contributed by atoms with van der Waals surface area (Å²) in [6.45, 7) is 1.56. The molecular formula is C26H22N8OS. The molecule has 0 aromatic carbocycles. The molecule has 10 heteroatoms. The first kappa shape index (κ1) is 21.9. The Morgan fingerprint density at radius 1 is 1.06 bits per heavy atom. The maximum Gasteiger partial charge on any atom is 0.169 e. The van der Waals surface area contributed by atoms with E-state index >= 15 is 0 Å². The highest BCUT2D eigenvalue weighted by atomic mass is 32.1. The number of pyridine rings is 2. The summed E-state index contributed by atoms with van der Waals surface area (Å²) < 4.78 is 0. The molecule has 1 aliphatic carbocycles. The lowest BCUT2D eigenvalue weighted by Crippen LogP contribution is -1.97. The summed E-state index contributed by atoms with van der Waals surface area (Å²) in [4.78, 5) is 30.8. The van der Waals surface area contributed by atoms with Crippen molar-refractivity contribution >= 4 is 44.8 Å². The van der Waals surface area contributed by atoms with Crippen LogP contribution in [-0.2, 0) is 0 Å². The molecule has 0 amide bonds. The van der Waals surface area contributed by atoms with E-state index in [1.807, 2.05) is 42.5 Å². The zero-order valence-corrected chi connectivity index (χ0v) is 20.2. The van der Waals surface area contributed by atoms with Crippen molar-refractivity contribution in [1.82, 2.24) is 30.1 Å². The molecule has 0 unspecified atom stereocenters. The molecule has 36 heavy (non-hydrogen) atoms. The summed E-state index contributed by atoms with van der Waals surface area (Å²) in [5.74, 6) is 0.586. The van der Waals surface area contributed by atoms with E-state index in [4.69, 9.17) is 21.4 Å². The van der Waals surface area contributed by atoms with Gasteiger partial charge < -0.3 is 16.5 Å². The molecule has 6 rings (SSSR count). The number of H-pyrrole nitrogens is 2. The summed E-state index contributed by atoms with van der Waals surface area (Å²) in [6.07, 6.45) is 9.22. The van der Waals surface area contributed by atoms with E-state index in [1.54, 1.807) is 13.1 Å². The van der Waals surface area contributed by atoms with Crippen molar-refractivity contribution in [3.63, 3.8) is 0 Å². The summed E-state index contributed by atoms with van der Waals surface area (Å²) in [5.41, 5.74) is 19.7. The third-order valence-corrected chi connectivity index (χ3v) is 7.12. The van der Waals surface area contributed by atoms with Crippen molar-refractivity contribution in [1.29, 1.82) is 0 Å². The molecule has 1 saturated carbocycles. The Hall–Kier alpha value is -4.57. The number of aromatic amines is 2. The minimum absolute atomic E-state index is 0.0256. The minimum Gasteiger partial charge on any atom is -0.404 e. The number of imidazole rings is 1. The van der Waals surface area contributed by atoms with Crippen LogP contribution in [0.2, 0.25) is 0 Å². The number of ketones is 1. The first-order chi connectivity index (χ1) is 17.5. The van der Waals surface area contributed by atoms with Crippen LogP contribution in [0.5, 0.6) is 0 Å². The first-order valence-corrected chi connectivity index (χ1v) is 12.2. The van der Waals surface area contributed by atoms with Gasteiger partial charge in [-0.15, -0.1) is 11.3 Å². The Balaban J connectivity index is 1.42. The van der Waals surface area contributed by atoms with Crippen LogP contribution in [0.15, 0.2) is 66.2 Å². The molecular weight excluding hydrogens is 472 g/mol. The van der Waals surface area contributed by atoms with Crippen LogP contribution >= 0.6 is 11.3 Å². The Morgan fingerprint density at radius 2 is 1.89 bits per heavy atom. The third-order valence-electron chi connectivity index (χ3n) is 5.93. The average molecular weight is 495 g/mol. The highest BCUT2D eigenvalue weighted by Gasteiger charge is 2.19. The van der Waals surface area contributed by atoms with E-state index in [0.29, 0.717) is 50.1 Å². The van der Waals surface area contributed by atoms with Crippen molar-refractivity contribution in [3.8, 4) is 22.1 Å². The number of carbonyl (C=O) groups is 1. The molecule has 5 aromatic rings. The fourth-order valence-corrected chi connectivity index (χ4v) is 4.89. The predicted molar refractivity (Wildman–Crippen MR) is 142 cm³/mol. The predicted octanol–water partition coefficient (Wildman–Crippen LogP) is 4.69. The van der Waals surface area contributed by atoms with E-state index in [9.17, 15) is 4.79 Å². The first-order valence-electron chi connectivity index (χ1n) is 11.4. The number of carbonyl (C=O) groups excluding carboxylic acids is 1. The number of Topliss-reactive ketones (excluding diaryl/α,β-unsaturated/α-hetero) is 1. The number of hydrogen-bond acceptors (Lipinski definition) is 8. The number of fused-ring (bicyclic) bond motifs is 2. The van der Waals surface area contributed by atoms with E-state index < -0.39 is 0 Å². The molecule has 0 radical (unpaired) electrons. The topological polar surface area (TPSA) is 152 Å². The van der Waals surface area contributed by atoms with Gasteiger partial charge in [0.25, 0.3) is 0 Å². The molecule has 5 heterocycles. The Labute approximate surface area is 209 Å². The van der Waals surface area contributed by atoms with Gasteiger partial charge in [-0.25, -0.2) is 9.97 Å². The van der Waals surface area contributed by atoms with Gasteiger partial charge in [-0.1, -0.05) is 5.57 Å². The quantitative estimate of drug-likeness (QED) is 0.197. The number of nitrogens with two attached hydrogens (primary N) is 2. The van der Waals surface area contributed by atoms with Gasteiger partial charge in [0, 0.05) is 23.7 Å². The van der Waals surface area contributed by atoms with Gasteiger partial charge in [0.1, 0.15) is 16.7 Å². The SMILES string of the molecule is CC(=O)c1ccc(-c2nccc3[nH]c(-c4n[nH]c5ccc(C(/C=C(/N)C=C6CC6)=C/N)nc45)nc23)s1. The van der Waals surface area contributed by atoms with E-state index in [-0.39, 0.29) is 5.78 Å². The normalized spacial score (nSPS) is 14.1. The molecule has 0 atom stereocenters. The largest absolute Gasteiger partial charge is 0.404 e. The second kappa shape index (κ2) is 8.58. The van der Waals surface area contributed by atoms with Crippen LogP contribution in [0.4, 0.5) is 0 Å². The fraction of sp³-hybridized carbons (Fsp3) is 0.115. The fourth-order valence-electron chi connectivity index (χ4n) is 3.99. The summed E-state index contributed by atoms with van der Waals surface area (Å²) >= 11 is 1.40. The maximum absolute atomic E-state index is 11.8. The lowest BCUT2D eigenvalue weighted by atomic mass is 10.1. The van der Waals surface area contributed by atoms with Crippen LogP contribution in [-0.4, -0.2) is 35.9 Å². The van der Waals surface area contributed by atoms with Gasteiger partial charge in [0.15, 0.2) is 17.3 Å². The van der Waals surface area contributed by atoms with Gasteiger partial charge in [-0.05, 0) is 62.2 Å². The molecule has 6 N–H and O–H groups in total. The van der Waals surface area contributed by atoms with Gasteiger partial charge >= 0.3 is 0 Å². The van der Waals surface area contributed by atoms with Crippen LogP contribution in [0.3, 0.4) is 0 Å². The molecule has 0 bridgehead atoms. The second-order valence-electron chi connectivity index (χ2n) is 8.60. The minimum atomic E-state index is 0.0256. The van der Waals surface area contributed by atoms with Gasteiger partial charge in [0.05, 0.1) is 26.5 Å². The van der Waals surface area contributed by atoms with Crippen molar-refractivity contribution in [2.24, 2.45) is 11.5 Å². The molecule has 1 fully saturated rings. The zero-order chi connectivity index (χ0) is 24.8. The number of rotatable bonds is 6. The molecule has 0 saturated heterocycles. The van der Waals surface area contributed by atoms with Crippen molar-refractivity contribution in [2.45, 2.75) is 19.8 Å². The van der Waals surface area contributed by atoms with Crippen molar-refractivity contribution in [3.05, 3.63) is 76.7 Å². The van der Waals surface area contributed by atoms with Crippen molar-refractivity contribution in [2.75, 3.05) is 0 Å². The number of hydrogen-bond donors (Lipinski definition) is 4.